The van der Waals surface area contributed by atoms with E-state index in [2.05, 4.69) is 46.4 Å². The predicted molar refractivity (Wildman–Crippen MR) is 56.5 cm³/mol. The Bertz CT molecular complexity index is 258. The Morgan fingerprint density at radius 3 is 2.83 bits per heavy atom. The van der Waals surface area contributed by atoms with Crippen LogP contribution in [0.5, 0.6) is 0 Å². The van der Waals surface area contributed by atoms with Crippen LogP contribution in [-0.2, 0) is 6.42 Å². The predicted octanol–water partition coefficient (Wildman–Crippen LogP) is 2.52. The van der Waals surface area contributed by atoms with Crippen molar-refractivity contribution in [1.82, 2.24) is 5.32 Å². The number of benzene rings is 1. The highest BCUT2D eigenvalue weighted by Crippen LogP contribution is 2.18. The maximum absolute atomic E-state index is 3.53. The van der Waals surface area contributed by atoms with E-state index in [0.717, 1.165) is 13.0 Å². The summed E-state index contributed by atoms with van der Waals surface area (Å²) in [6.45, 7) is 3.15. The fourth-order valence-corrected chi connectivity index (χ4v) is 1.60. The van der Waals surface area contributed by atoms with Crippen molar-refractivity contribution in [3.8, 4) is 0 Å². The summed E-state index contributed by atoms with van der Waals surface area (Å²) >= 11 is 3.53. The summed E-state index contributed by atoms with van der Waals surface area (Å²) in [5, 5.41) is 3.14. The number of likely N-dealkylation sites (N-methyl/N-ethyl adjacent to an activating group) is 1. The Labute approximate surface area is 82.3 Å². The Kier molecular flexibility index (Phi) is 3.76. The van der Waals surface area contributed by atoms with E-state index in [1.165, 1.54) is 15.6 Å². The fourth-order valence-electron chi connectivity index (χ4n) is 1.15. The first-order valence-corrected chi connectivity index (χ1v) is 4.93. The van der Waals surface area contributed by atoms with Crippen molar-refractivity contribution in [2.24, 2.45) is 0 Å². The molecule has 1 aromatic rings. The molecule has 1 aromatic carbocycles. The van der Waals surface area contributed by atoms with Crippen LogP contribution in [-0.4, -0.2) is 13.6 Å². The largest absolute Gasteiger partial charge is 0.319 e. The smallest absolute Gasteiger partial charge is 0.0207 e. The third kappa shape index (κ3) is 2.61. The van der Waals surface area contributed by atoms with Gasteiger partial charge in [0.15, 0.2) is 0 Å². The molecule has 0 fully saturated rings. The number of nitrogens with one attached hydrogen (secondary N) is 1. The standard InChI is InChI=1S/C10H14BrN/c1-8-3-4-10(11)9(7-8)5-6-12-2/h3-4,7,12H,5-6H2,1-2H3. The number of rotatable bonds is 3. The minimum atomic E-state index is 1.03. The molecule has 12 heavy (non-hydrogen) atoms. The van der Waals surface area contributed by atoms with Crippen molar-refractivity contribution in [3.05, 3.63) is 33.8 Å². The Morgan fingerprint density at radius 2 is 2.17 bits per heavy atom. The van der Waals surface area contributed by atoms with Crippen LogP contribution < -0.4 is 5.32 Å². The van der Waals surface area contributed by atoms with Crippen molar-refractivity contribution in [2.45, 2.75) is 13.3 Å². The van der Waals surface area contributed by atoms with Crippen LogP contribution in [0.4, 0.5) is 0 Å². The zero-order chi connectivity index (χ0) is 8.97. The topological polar surface area (TPSA) is 12.0 Å². The quantitative estimate of drug-likeness (QED) is 0.838. The minimum Gasteiger partial charge on any atom is -0.319 e. The molecule has 2 heteroatoms. The second kappa shape index (κ2) is 4.63. The van der Waals surface area contributed by atoms with Gasteiger partial charge in [-0.05, 0) is 38.6 Å². The van der Waals surface area contributed by atoms with E-state index in [-0.39, 0.29) is 0 Å². The fraction of sp³-hybridized carbons (Fsp3) is 0.400. The Balaban J connectivity index is 2.75. The number of hydrogen-bond acceptors (Lipinski definition) is 1. The van der Waals surface area contributed by atoms with E-state index in [9.17, 15) is 0 Å². The molecule has 1 rings (SSSR count). The number of aryl methyl sites for hydroxylation is 1. The molecular weight excluding hydrogens is 214 g/mol. The molecule has 0 aliphatic rings. The maximum atomic E-state index is 3.53. The van der Waals surface area contributed by atoms with Crippen LogP contribution in [0.3, 0.4) is 0 Å². The average Bonchev–Trinajstić information content (AvgIpc) is 2.07. The van der Waals surface area contributed by atoms with Gasteiger partial charge >= 0.3 is 0 Å². The number of hydrogen-bond donors (Lipinski definition) is 1. The first-order valence-electron chi connectivity index (χ1n) is 4.13. The highest BCUT2D eigenvalue weighted by molar-refractivity contribution is 9.10. The average molecular weight is 228 g/mol. The minimum absolute atomic E-state index is 1.03. The van der Waals surface area contributed by atoms with Gasteiger partial charge in [0, 0.05) is 4.47 Å². The Hall–Kier alpha value is -0.340. The molecule has 0 aromatic heterocycles. The van der Waals surface area contributed by atoms with Gasteiger partial charge in [-0.3, -0.25) is 0 Å². The maximum Gasteiger partial charge on any atom is 0.0207 e. The van der Waals surface area contributed by atoms with Crippen molar-refractivity contribution in [3.63, 3.8) is 0 Å². The molecule has 0 unspecified atom stereocenters. The van der Waals surface area contributed by atoms with Crippen LogP contribution >= 0.6 is 15.9 Å². The third-order valence-corrected chi connectivity index (χ3v) is 2.62. The van der Waals surface area contributed by atoms with E-state index in [1.807, 2.05) is 7.05 Å². The van der Waals surface area contributed by atoms with Gasteiger partial charge in [-0.2, -0.15) is 0 Å². The van der Waals surface area contributed by atoms with Crippen molar-refractivity contribution in [2.75, 3.05) is 13.6 Å². The highest BCUT2D eigenvalue weighted by Gasteiger charge is 1.98. The zero-order valence-electron chi connectivity index (χ0n) is 7.52. The van der Waals surface area contributed by atoms with E-state index in [1.54, 1.807) is 0 Å². The first kappa shape index (κ1) is 9.75. The van der Waals surface area contributed by atoms with Gasteiger partial charge in [0.05, 0.1) is 0 Å². The lowest BCUT2D eigenvalue weighted by Crippen LogP contribution is -2.10. The lowest BCUT2D eigenvalue weighted by Gasteiger charge is -2.04. The van der Waals surface area contributed by atoms with Crippen LogP contribution in [0.1, 0.15) is 11.1 Å². The third-order valence-electron chi connectivity index (χ3n) is 1.85. The molecule has 0 heterocycles. The second-order valence-electron chi connectivity index (χ2n) is 2.95. The monoisotopic (exact) mass is 227 g/mol. The summed E-state index contributed by atoms with van der Waals surface area (Å²) in [5.74, 6) is 0. The van der Waals surface area contributed by atoms with Crippen LogP contribution in [0, 0.1) is 6.92 Å². The molecule has 0 amide bonds. The molecule has 0 atom stereocenters. The van der Waals surface area contributed by atoms with Crippen LogP contribution in [0.25, 0.3) is 0 Å². The van der Waals surface area contributed by atoms with Crippen molar-refractivity contribution >= 4 is 15.9 Å². The summed E-state index contributed by atoms with van der Waals surface area (Å²) in [4.78, 5) is 0. The van der Waals surface area contributed by atoms with Gasteiger partial charge in [-0.1, -0.05) is 33.6 Å². The molecule has 0 bridgehead atoms. The van der Waals surface area contributed by atoms with Crippen molar-refractivity contribution in [1.29, 1.82) is 0 Å². The second-order valence-corrected chi connectivity index (χ2v) is 3.80. The van der Waals surface area contributed by atoms with E-state index in [4.69, 9.17) is 0 Å². The summed E-state index contributed by atoms with van der Waals surface area (Å²) in [6, 6.07) is 6.45. The van der Waals surface area contributed by atoms with Gasteiger partial charge in [0.1, 0.15) is 0 Å². The SMILES string of the molecule is CNCCc1cc(C)ccc1Br. The van der Waals surface area contributed by atoms with E-state index >= 15 is 0 Å². The molecular formula is C10H14BrN. The van der Waals surface area contributed by atoms with Gasteiger partial charge in [-0.25, -0.2) is 0 Å². The molecule has 0 aliphatic carbocycles. The van der Waals surface area contributed by atoms with E-state index in [0.29, 0.717) is 0 Å². The number of halogens is 1. The lowest BCUT2D eigenvalue weighted by molar-refractivity contribution is 0.789. The Morgan fingerprint density at radius 1 is 1.42 bits per heavy atom. The molecule has 0 saturated carbocycles. The summed E-state index contributed by atoms with van der Waals surface area (Å²) in [6.07, 6.45) is 1.08. The lowest BCUT2D eigenvalue weighted by atomic mass is 10.1. The first-order chi connectivity index (χ1) is 5.74. The molecule has 1 nitrogen and oxygen atoms in total. The summed E-state index contributed by atoms with van der Waals surface area (Å²) in [5.41, 5.74) is 2.70. The van der Waals surface area contributed by atoms with Gasteiger partial charge in [0.2, 0.25) is 0 Å². The molecule has 0 saturated heterocycles. The highest BCUT2D eigenvalue weighted by atomic mass is 79.9. The summed E-state index contributed by atoms with van der Waals surface area (Å²) in [7, 11) is 1.98. The van der Waals surface area contributed by atoms with Gasteiger partial charge < -0.3 is 5.32 Å². The van der Waals surface area contributed by atoms with Gasteiger partial charge in [0.25, 0.3) is 0 Å². The van der Waals surface area contributed by atoms with E-state index < -0.39 is 0 Å². The summed E-state index contributed by atoms with van der Waals surface area (Å²) < 4.78 is 1.21. The molecule has 0 radical (unpaired) electrons. The normalized spacial score (nSPS) is 10.2. The van der Waals surface area contributed by atoms with Gasteiger partial charge in [-0.15, -0.1) is 0 Å². The van der Waals surface area contributed by atoms with Crippen LogP contribution in [0.2, 0.25) is 0 Å². The zero-order valence-corrected chi connectivity index (χ0v) is 9.11. The van der Waals surface area contributed by atoms with Crippen LogP contribution in [0.15, 0.2) is 22.7 Å². The molecule has 1 N–H and O–H groups in total. The molecule has 0 aliphatic heterocycles. The van der Waals surface area contributed by atoms with Crippen molar-refractivity contribution < 1.29 is 0 Å². The molecule has 66 valence electrons. The molecule has 0 spiro atoms.